The molecule has 0 aliphatic heterocycles. The van der Waals surface area contributed by atoms with Crippen molar-refractivity contribution in [1.82, 2.24) is 4.98 Å². The number of hydrogen-bond acceptors (Lipinski definition) is 4. The van der Waals surface area contributed by atoms with Gasteiger partial charge in [0.15, 0.2) is 0 Å². The Kier molecular flexibility index (Phi) is 3.48. The fraction of sp³-hybridized carbons (Fsp3) is 0.111. The van der Waals surface area contributed by atoms with Crippen molar-refractivity contribution in [1.29, 1.82) is 0 Å². The number of nitrogens with zero attached hydrogens (tertiary/aromatic N) is 1. The highest BCUT2D eigenvalue weighted by molar-refractivity contribution is 6.29. The summed E-state index contributed by atoms with van der Waals surface area (Å²) < 4.78 is 4.41. The number of nitrogen functional groups attached to an aromatic ring is 1. The van der Waals surface area contributed by atoms with Gasteiger partial charge in [-0.05, 0) is 18.2 Å². The molecule has 2 N–H and O–H groups in total. The van der Waals surface area contributed by atoms with Gasteiger partial charge in [0.05, 0.1) is 18.5 Å². The van der Waals surface area contributed by atoms with Crippen LogP contribution in [0.25, 0.3) is 6.08 Å². The van der Waals surface area contributed by atoms with Crippen molar-refractivity contribution >= 4 is 29.3 Å². The largest absolute Gasteiger partial charge is 0.466 e. The lowest BCUT2D eigenvalue weighted by atomic mass is 10.3. The first kappa shape index (κ1) is 10.5. The third kappa shape index (κ3) is 2.74. The van der Waals surface area contributed by atoms with E-state index in [1.807, 2.05) is 0 Å². The number of rotatable bonds is 2. The van der Waals surface area contributed by atoms with E-state index in [1.54, 1.807) is 12.1 Å². The number of carbonyl (C=O) groups is 1. The van der Waals surface area contributed by atoms with Gasteiger partial charge in [-0.3, -0.25) is 0 Å². The molecule has 0 aromatic carbocycles. The van der Waals surface area contributed by atoms with Crippen LogP contribution in [0.15, 0.2) is 18.2 Å². The van der Waals surface area contributed by atoms with Crippen molar-refractivity contribution in [3.05, 3.63) is 29.1 Å². The molecule has 0 spiro atoms. The van der Waals surface area contributed by atoms with Crippen molar-refractivity contribution in [2.75, 3.05) is 12.8 Å². The van der Waals surface area contributed by atoms with Gasteiger partial charge < -0.3 is 10.5 Å². The monoisotopic (exact) mass is 212 g/mol. The number of carbonyl (C=O) groups excluding carboxylic acids is 1. The van der Waals surface area contributed by atoms with Crippen molar-refractivity contribution in [2.24, 2.45) is 0 Å². The van der Waals surface area contributed by atoms with Crippen LogP contribution < -0.4 is 5.73 Å². The Morgan fingerprint density at radius 3 is 3.00 bits per heavy atom. The SMILES string of the molecule is COC(=O)/C=C/c1nc(Cl)ccc1N. The fourth-order valence-corrected chi connectivity index (χ4v) is 0.963. The first-order valence-electron chi connectivity index (χ1n) is 3.81. The number of hydrogen-bond donors (Lipinski definition) is 1. The zero-order chi connectivity index (χ0) is 10.6. The maximum atomic E-state index is 10.8. The maximum absolute atomic E-state index is 10.8. The summed E-state index contributed by atoms with van der Waals surface area (Å²) in [4.78, 5) is 14.7. The number of ether oxygens (including phenoxy) is 1. The van der Waals surface area contributed by atoms with Crippen molar-refractivity contribution in [3.63, 3.8) is 0 Å². The molecule has 0 radical (unpaired) electrons. The van der Waals surface area contributed by atoms with Crippen LogP contribution in [-0.2, 0) is 9.53 Å². The van der Waals surface area contributed by atoms with Crippen LogP contribution in [0.5, 0.6) is 0 Å². The molecule has 0 saturated heterocycles. The maximum Gasteiger partial charge on any atom is 0.330 e. The fourth-order valence-electron chi connectivity index (χ4n) is 0.809. The van der Waals surface area contributed by atoms with Gasteiger partial charge in [0.2, 0.25) is 0 Å². The van der Waals surface area contributed by atoms with Crippen LogP contribution in [0.4, 0.5) is 5.69 Å². The summed E-state index contributed by atoms with van der Waals surface area (Å²) in [7, 11) is 1.29. The minimum Gasteiger partial charge on any atom is -0.466 e. The number of esters is 1. The molecule has 1 aromatic heterocycles. The van der Waals surface area contributed by atoms with Gasteiger partial charge in [0, 0.05) is 6.08 Å². The van der Waals surface area contributed by atoms with Gasteiger partial charge in [-0.15, -0.1) is 0 Å². The summed E-state index contributed by atoms with van der Waals surface area (Å²) in [6, 6.07) is 3.19. The smallest absolute Gasteiger partial charge is 0.330 e. The molecular formula is C9H9ClN2O2. The van der Waals surface area contributed by atoms with Crippen molar-refractivity contribution in [3.8, 4) is 0 Å². The number of halogens is 1. The normalized spacial score (nSPS) is 10.4. The molecule has 0 unspecified atom stereocenters. The molecule has 5 heteroatoms. The number of nitrogens with two attached hydrogens (primary N) is 1. The summed E-state index contributed by atoms with van der Waals surface area (Å²) in [6.07, 6.45) is 2.68. The number of anilines is 1. The van der Waals surface area contributed by atoms with E-state index in [0.29, 0.717) is 16.5 Å². The Morgan fingerprint density at radius 1 is 1.64 bits per heavy atom. The van der Waals surface area contributed by atoms with Crippen LogP contribution >= 0.6 is 11.6 Å². The highest BCUT2D eigenvalue weighted by Gasteiger charge is 1.99. The predicted molar refractivity (Wildman–Crippen MR) is 54.7 cm³/mol. The van der Waals surface area contributed by atoms with Gasteiger partial charge in [0.25, 0.3) is 0 Å². The van der Waals surface area contributed by atoms with Gasteiger partial charge >= 0.3 is 5.97 Å². The second-order valence-electron chi connectivity index (χ2n) is 2.46. The Morgan fingerprint density at radius 2 is 2.36 bits per heavy atom. The zero-order valence-corrected chi connectivity index (χ0v) is 8.28. The molecule has 74 valence electrons. The Labute approximate surface area is 86.3 Å². The molecular weight excluding hydrogens is 204 g/mol. The molecule has 1 heterocycles. The highest BCUT2D eigenvalue weighted by Crippen LogP contribution is 2.14. The van der Waals surface area contributed by atoms with Crippen LogP contribution in [0.2, 0.25) is 5.15 Å². The second-order valence-corrected chi connectivity index (χ2v) is 2.85. The highest BCUT2D eigenvalue weighted by atomic mass is 35.5. The van der Waals surface area contributed by atoms with Crippen LogP contribution in [-0.4, -0.2) is 18.1 Å². The molecule has 0 bridgehead atoms. The first-order valence-corrected chi connectivity index (χ1v) is 4.19. The third-order valence-corrected chi connectivity index (χ3v) is 1.71. The zero-order valence-electron chi connectivity index (χ0n) is 7.53. The lowest BCUT2D eigenvalue weighted by Gasteiger charge is -1.98. The summed E-state index contributed by atoms with van der Waals surface area (Å²) in [6.45, 7) is 0. The average Bonchev–Trinajstić information content (AvgIpc) is 2.19. The Balaban J connectivity index is 2.90. The van der Waals surface area contributed by atoms with Gasteiger partial charge in [-0.2, -0.15) is 0 Å². The summed E-state index contributed by atoms with van der Waals surface area (Å²) >= 11 is 5.65. The van der Waals surface area contributed by atoms with E-state index in [2.05, 4.69) is 9.72 Å². The van der Waals surface area contributed by atoms with Gasteiger partial charge in [-0.1, -0.05) is 11.6 Å². The van der Waals surface area contributed by atoms with E-state index in [1.165, 1.54) is 19.3 Å². The van der Waals surface area contributed by atoms with Crippen molar-refractivity contribution < 1.29 is 9.53 Å². The van der Waals surface area contributed by atoms with E-state index >= 15 is 0 Å². The Hall–Kier alpha value is -1.55. The second kappa shape index (κ2) is 4.62. The number of aromatic nitrogens is 1. The van der Waals surface area contributed by atoms with Crippen LogP contribution in [0.1, 0.15) is 5.69 Å². The lowest BCUT2D eigenvalue weighted by Crippen LogP contribution is -1.96. The molecule has 0 aliphatic rings. The van der Waals surface area contributed by atoms with E-state index in [9.17, 15) is 4.79 Å². The third-order valence-electron chi connectivity index (χ3n) is 1.50. The molecule has 0 aliphatic carbocycles. The molecule has 0 amide bonds. The lowest BCUT2D eigenvalue weighted by molar-refractivity contribution is -0.134. The average molecular weight is 213 g/mol. The summed E-state index contributed by atoms with van der Waals surface area (Å²) in [5.74, 6) is -0.467. The minimum atomic E-state index is -0.467. The van der Waals surface area contributed by atoms with Crippen LogP contribution in [0.3, 0.4) is 0 Å². The molecule has 0 atom stereocenters. The van der Waals surface area contributed by atoms with E-state index in [0.717, 1.165) is 0 Å². The summed E-state index contributed by atoms with van der Waals surface area (Å²) in [5.41, 5.74) is 6.49. The number of pyridine rings is 1. The van der Waals surface area contributed by atoms with E-state index in [-0.39, 0.29) is 0 Å². The topological polar surface area (TPSA) is 65.2 Å². The molecule has 1 rings (SSSR count). The first-order chi connectivity index (χ1) is 6.63. The standard InChI is InChI=1S/C9H9ClN2O2/c1-14-9(13)5-3-7-6(11)2-4-8(10)12-7/h2-5H,11H2,1H3/b5-3+. The van der Waals surface area contributed by atoms with E-state index < -0.39 is 5.97 Å². The molecule has 0 saturated carbocycles. The Bertz CT molecular complexity index is 377. The summed E-state index contributed by atoms with van der Waals surface area (Å²) in [5, 5.41) is 0.323. The van der Waals surface area contributed by atoms with Gasteiger partial charge in [0.1, 0.15) is 5.15 Å². The van der Waals surface area contributed by atoms with Crippen LogP contribution in [0, 0.1) is 0 Å². The minimum absolute atomic E-state index is 0.323. The van der Waals surface area contributed by atoms with Crippen molar-refractivity contribution in [2.45, 2.75) is 0 Å². The molecule has 0 fully saturated rings. The predicted octanol–water partition coefficient (Wildman–Crippen LogP) is 1.50. The quantitative estimate of drug-likeness (QED) is 0.459. The molecule has 1 aromatic rings. The number of methoxy groups -OCH3 is 1. The molecule has 14 heavy (non-hydrogen) atoms. The molecule has 4 nitrogen and oxygen atoms in total. The van der Waals surface area contributed by atoms with Gasteiger partial charge in [-0.25, -0.2) is 9.78 Å². The van der Waals surface area contributed by atoms with E-state index in [4.69, 9.17) is 17.3 Å².